The Balaban J connectivity index is 1.66. The first kappa shape index (κ1) is 18.7. The molecule has 0 unspecified atom stereocenters. The van der Waals surface area contributed by atoms with Crippen molar-refractivity contribution in [2.45, 2.75) is 0 Å². The first-order chi connectivity index (χ1) is 13.0. The Hall–Kier alpha value is -3.05. The van der Waals surface area contributed by atoms with Gasteiger partial charge in [-0.2, -0.15) is 0 Å². The molecule has 3 nitrogen and oxygen atoms in total. The van der Waals surface area contributed by atoms with Crippen molar-refractivity contribution in [1.29, 1.82) is 0 Å². The lowest BCUT2D eigenvalue weighted by Crippen LogP contribution is -2.13. The summed E-state index contributed by atoms with van der Waals surface area (Å²) in [6, 6.07) is 19.8. The standard InChI is InChI=1S/C22H15BrFNO2/c23-17-10-5-15(6-11-17)7-14-21(26)16-8-12-18(13-9-16)25-22(27)19-3-1-2-4-20(19)24/h1-14H,(H,25,27). The zero-order valence-electron chi connectivity index (χ0n) is 14.2. The fourth-order valence-electron chi connectivity index (χ4n) is 2.40. The van der Waals surface area contributed by atoms with E-state index in [1.165, 1.54) is 24.3 Å². The summed E-state index contributed by atoms with van der Waals surface area (Å²) in [5.41, 5.74) is 1.86. The van der Waals surface area contributed by atoms with Gasteiger partial charge in [0.1, 0.15) is 5.82 Å². The summed E-state index contributed by atoms with van der Waals surface area (Å²) in [6.45, 7) is 0. The molecular formula is C22H15BrFNO2. The van der Waals surface area contributed by atoms with Gasteiger partial charge >= 0.3 is 0 Å². The maximum Gasteiger partial charge on any atom is 0.258 e. The second kappa shape index (κ2) is 8.56. The van der Waals surface area contributed by atoms with Crippen LogP contribution in [0.1, 0.15) is 26.3 Å². The predicted molar refractivity (Wildman–Crippen MR) is 108 cm³/mol. The van der Waals surface area contributed by atoms with Crippen LogP contribution in [0.3, 0.4) is 0 Å². The molecule has 0 heterocycles. The van der Waals surface area contributed by atoms with Crippen LogP contribution in [0.5, 0.6) is 0 Å². The van der Waals surface area contributed by atoms with Crippen molar-refractivity contribution in [1.82, 2.24) is 0 Å². The fourth-order valence-corrected chi connectivity index (χ4v) is 2.67. The monoisotopic (exact) mass is 423 g/mol. The van der Waals surface area contributed by atoms with Crippen LogP contribution in [0, 0.1) is 5.82 Å². The first-order valence-corrected chi connectivity index (χ1v) is 8.96. The number of amides is 1. The van der Waals surface area contributed by atoms with E-state index in [1.807, 2.05) is 24.3 Å². The Labute approximate surface area is 164 Å². The van der Waals surface area contributed by atoms with Gasteiger partial charge in [-0.1, -0.05) is 46.3 Å². The van der Waals surface area contributed by atoms with Gasteiger partial charge < -0.3 is 5.32 Å². The molecule has 0 saturated carbocycles. The topological polar surface area (TPSA) is 46.2 Å². The molecule has 27 heavy (non-hydrogen) atoms. The number of anilines is 1. The molecular weight excluding hydrogens is 409 g/mol. The van der Waals surface area contributed by atoms with Crippen molar-refractivity contribution >= 4 is 39.4 Å². The fraction of sp³-hybridized carbons (Fsp3) is 0. The van der Waals surface area contributed by atoms with Gasteiger partial charge in [-0.15, -0.1) is 0 Å². The molecule has 134 valence electrons. The lowest BCUT2D eigenvalue weighted by atomic mass is 10.1. The van der Waals surface area contributed by atoms with E-state index in [2.05, 4.69) is 21.2 Å². The molecule has 3 aromatic carbocycles. The number of carbonyl (C=O) groups excluding carboxylic acids is 2. The summed E-state index contributed by atoms with van der Waals surface area (Å²) in [5, 5.41) is 2.62. The SMILES string of the molecule is O=C(C=Cc1ccc(Br)cc1)c1ccc(NC(=O)c2ccccc2F)cc1. The van der Waals surface area contributed by atoms with Crippen molar-refractivity contribution in [3.8, 4) is 0 Å². The van der Waals surface area contributed by atoms with Gasteiger partial charge in [0.15, 0.2) is 5.78 Å². The van der Waals surface area contributed by atoms with Crippen molar-refractivity contribution in [3.63, 3.8) is 0 Å². The van der Waals surface area contributed by atoms with E-state index in [9.17, 15) is 14.0 Å². The number of rotatable bonds is 5. The minimum Gasteiger partial charge on any atom is -0.322 e. The number of hydrogen-bond acceptors (Lipinski definition) is 2. The van der Waals surface area contributed by atoms with E-state index in [1.54, 1.807) is 36.4 Å². The van der Waals surface area contributed by atoms with Gasteiger partial charge in [-0.05, 0) is 60.2 Å². The highest BCUT2D eigenvalue weighted by Crippen LogP contribution is 2.15. The van der Waals surface area contributed by atoms with Crippen LogP contribution in [-0.2, 0) is 0 Å². The van der Waals surface area contributed by atoms with Gasteiger partial charge in [0.05, 0.1) is 5.56 Å². The molecule has 3 aromatic rings. The van der Waals surface area contributed by atoms with Gasteiger partial charge in [0.2, 0.25) is 0 Å². The van der Waals surface area contributed by atoms with Crippen LogP contribution in [0.15, 0.2) is 83.3 Å². The molecule has 3 rings (SSSR count). The Bertz CT molecular complexity index is 996. The van der Waals surface area contributed by atoms with E-state index in [0.717, 1.165) is 10.0 Å². The van der Waals surface area contributed by atoms with E-state index in [-0.39, 0.29) is 11.3 Å². The number of hydrogen-bond donors (Lipinski definition) is 1. The molecule has 0 aliphatic rings. The van der Waals surface area contributed by atoms with E-state index >= 15 is 0 Å². The number of carbonyl (C=O) groups is 2. The van der Waals surface area contributed by atoms with Gasteiger partial charge in [0.25, 0.3) is 5.91 Å². The maximum absolute atomic E-state index is 13.6. The summed E-state index contributed by atoms with van der Waals surface area (Å²) >= 11 is 3.36. The van der Waals surface area contributed by atoms with E-state index in [0.29, 0.717) is 11.3 Å². The highest BCUT2D eigenvalue weighted by molar-refractivity contribution is 9.10. The molecule has 0 aliphatic heterocycles. The Morgan fingerprint density at radius 1 is 0.889 bits per heavy atom. The summed E-state index contributed by atoms with van der Waals surface area (Å²) in [4.78, 5) is 24.4. The van der Waals surface area contributed by atoms with Crippen LogP contribution >= 0.6 is 15.9 Å². The Morgan fingerprint density at radius 2 is 1.56 bits per heavy atom. The van der Waals surface area contributed by atoms with Crippen molar-refractivity contribution in [3.05, 3.63) is 106 Å². The molecule has 0 aliphatic carbocycles. The molecule has 1 amide bonds. The molecule has 0 bridgehead atoms. The number of halogens is 2. The van der Waals surface area contributed by atoms with Gasteiger partial charge in [-0.25, -0.2) is 4.39 Å². The number of benzene rings is 3. The molecule has 1 N–H and O–H groups in total. The molecule has 0 atom stereocenters. The van der Waals surface area contributed by atoms with Crippen LogP contribution < -0.4 is 5.32 Å². The quantitative estimate of drug-likeness (QED) is 0.420. The normalized spacial score (nSPS) is 10.7. The molecule has 0 saturated heterocycles. The first-order valence-electron chi connectivity index (χ1n) is 8.17. The molecule has 0 fully saturated rings. The molecule has 5 heteroatoms. The predicted octanol–water partition coefficient (Wildman–Crippen LogP) is 5.74. The van der Waals surface area contributed by atoms with Crippen molar-refractivity contribution < 1.29 is 14.0 Å². The summed E-state index contributed by atoms with van der Waals surface area (Å²) < 4.78 is 14.6. The second-order valence-electron chi connectivity index (χ2n) is 5.76. The molecule has 0 radical (unpaired) electrons. The smallest absolute Gasteiger partial charge is 0.258 e. The Kier molecular flexibility index (Phi) is 5.94. The highest BCUT2D eigenvalue weighted by atomic mass is 79.9. The zero-order chi connectivity index (χ0) is 19.2. The van der Waals surface area contributed by atoms with Crippen LogP contribution in [-0.4, -0.2) is 11.7 Å². The number of allylic oxidation sites excluding steroid dienone is 1. The lowest BCUT2D eigenvalue weighted by Gasteiger charge is -2.06. The number of nitrogens with one attached hydrogen (secondary N) is 1. The van der Waals surface area contributed by atoms with Crippen molar-refractivity contribution in [2.75, 3.05) is 5.32 Å². The molecule has 0 aromatic heterocycles. The van der Waals surface area contributed by atoms with Gasteiger partial charge in [-0.3, -0.25) is 9.59 Å². The number of ketones is 1. The molecule has 0 spiro atoms. The van der Waals surface area contributed by atoms with Crippen LogP contribution in [0.4, 0.5) is 10.1 Å². The van der Waals surface area contributed by atoms with E-state index in [4.69, 9.17) is 0 Å². The van der Waals surface area contributed by atoms with Gasteiger partial charge in [0, 0.05) is 15.7 Å². The third-order valence-corrected chi connectivity index (χ3v) is 4.37. The summed E-state index contributed by atoms with van der Waals surface area (Å²) in [6.07, 6.45) is 3.23. The zero-order valence-corrected chi connectivity index (χ0v) is 15.7. The van der Waals surface area contributed by atoms with Crippen LogP contribution in [0.25, 0.3) is 6.08 Å². The van der Waals surface area contributed by atoms with Crippen molar-refractivity contribution in [2.24, 2.45) is 0 Å². The average Bonchev–Trinajstić information content (AvgIpc) is 2.68. The third-order valence-electron chi connectivity index (χ3n) is 3.84. The minimum atomic E-state index is -0.583. The van der Waals surface area contributed by atoms with Crippen LogP contribution in [0.2, 0.25) is 0 Å². The highest BCUT2D eigenvalue weighted by Gasteiger charge is 2.11. The lowest BCUT2D eigenvalue weighted by molar-refractivity contribution is 0.102. The largest absolute Gasteiger partial charge is 0.322 e. The summed E-state index contributed by atoms with van der Waals surface area (Å²) in [5.74, 6) is -1.27. The van der Waals surface area contributed by atoms with E-state index < -0.39 is 11.7 Å². The minimum absolute atomic E-state index is 0.0323. The average molecular weight is 424 g/mol. The third kappa shape index (κ3) is 4.99. The second-order valence-corrected chi connectivity index (χ2v) is 6.68. The maximum atomic E-state index is 13.6. The Morgan fingerprint density at radius 3 is 2.22 bits per heavy atom. The summed E-state index contributed by atoms with van der Waals surface area (Å²) in [7, 11) is 0.